The summed E-state index contributed by atoms with van der Waals surface area (Å²) in [6.45, 7) is 1.58. The number of fused-ring (bicyclic) bond motifs is 2. The number of nitrogens with one attached hydrogen (secondary N) is 2. The molecule has 2 aromatic rings. The van der Waals surface area contributed by atoms with Gasteiger partial charge in [-0.2, -0.15) is 0 Å². The summed E-state index contributed by atoms with van der Waals surface area (Å²) in [7, 11) is 0. The van der Waals surface area contributed by atoms with E-state index in [2.05, 4.69) is 10.6 Å². The topological polar surface area (TPSA) is 61.4 Å². The van der Waals surface area contributed by atoms with Gasteiger partial charge in [0, 0.05) is 42.0 Å². The molecule has 2 bridgehead atoms. The molecule has 2 aromatic carbocycles. The van der Waals surface area contributed by atoms with Gasteiger partial charge < -0.3 is 15.5 Å². The molecular weight excluding hydrogens is 362 g/mol. The fourth-order valence-electron chi connectivity index (χ4n) is 3.80. The second kappa shape index (κ2) is 8.55. The van der Waals surface area contributed by atoms with E-state index in [0.29, 0.717) is 28.9 Å². The zero-order valence-electron chi connectivity index (χ0n) is 15.1. The van der Waals surface area contributed by atoms with Crippen LogP contribution in [0.2, 0.25) is 0 Å². The number of nitrogens with zero attached hydrogens (tertiary/aromatic N) is 1. The zero-order chi connectivity index (χ0) is 17.9. The lowest BCUT2D eigenvalue weighted by molar-refractivity contribution is 0.0748. The predicted octanol–water partition coefficient (Wildman–Crippen LogP) is 3.33. The van der Waals surface area contributed by atoms with Gasteiger partial charge in [0.2, 0.25) is 0 Å². The molecule has 2 aliphatic heterocycles. The molecule has 0 radical (unpaired) electrons. The van der Waals surface area contributed by atoms with Crippen molar-refractivity contribution in [2.45, 2.75) is 31.3 Å². The first-order valence-corrected chi connectivity index (χ1v) is 9.21. The summed E-state index contributed by atoms with van der Waals surface area (Å²) in [5, 5.41) is 6.46. The number of anilines is 1. The van der Waals surface area contributed by atoms with Crippen molar-refractivity contribution in [1.29, 1.82) is 0 Å². The molecule has 5 nitrogen and oxygen atoms in total. The van der Waals surface area contributed by atoms with Gasteiger partial charge in [0.25, 0.3) is 11.8 Å². The number of carbonyl (C=O) groups is 2. The van der Waals surface area contributed by atoms with Crippen LogP contribution in [0.5, 0.6) is 0 Å². The first kappa shape index (κ1) is 19.4. The summed E-state index contributed by atoms with van der Waals surface area (Å²) >= 11 is 0. The smallest absolute Gasteiger partial charge is 0.255 e. The molecule has 0 aliphatic carbocycles. The van der Waals surface area contributed by atoms with Crippen molar-refractivity contribution in [3.63, 3.8) is 0 Å². The first-order valence-electron chi connectivity index (χ1n) is 9.21. The van der Waals surface area contributed by atoms with Crippen LogP contribution in [-0.4, -0.2) is 41.9 Å². The quantitative estimate of drug-likeness (QED) is 0.851. The number of benzene rings is 2. The number of likely N-dealkylation sites (tertiary alicyclic amines) is 1. The summed E-state index contributed by atoms with van der Waals surface area (Å²) in [6, 6.07) is 17.2. The molecule has 2 heterocycles. The molecule has 2 amide bonds. The van der Waals surface area contributed by atoms with Crippen LogP contribution in [0.25, 0.3) is 0 Å². The van der Waals surface area contributed by atoms with Crippen LogP contribution < -0.4 is 10.6 Å². The van der Waals surface area contributed by atoms with Crippen molar-refractivity contribution in [2.24, 2.45) is 0 Å². The molecule has 0 saturated carbocycles. The zero-order valence-corrected chi connectivity index (χ0v) is 15.9. The van der Waals surface area contributed by atoms with E-state index in [1.54, 1.807) is 36.4 Å². The Balaban J connectivity index is 0.00000210. The molecule has 2 aliphatic rings. The monoisotopic (exact) mass is 385 g/mol. The fourth-order valence-corrected chi connectivity index (χ4v) is 3.80. The summed E-state index contributed by atoms with van der Waals surface area (Å²) in [6.07, 6.45) is 3.40. The van der Waals surface area contributed by atoms with Crippen LogP contribution in [0.3, 0.4) is 0 Å². The third-order valence-electron chi connectivity index (χ3n) is 5.24. The van der Waals surface area contributed by atoms with E-state index in [0.717, 1.165) is 25.9 Å². The Morgan fingerprint density at radius 3 is 2.33 bits per heavy atom. The van der Waals surface area contributed by atoms with Crippen molar-refractivity contribution >= 4 is 29.9 Å². The lowest BCUT2D eigenvalue weighted by atomic mass is 10.1. The van der Waals surface area contributed by atoms with Crippen LogP contribution in [0, 0.1) is 0 Å². The number of carbonyl (C=O) groups excluding carboxylic acids is 2. The summed E-state index contributed by atoms with van der Waals surface area (Å²) in [5.74, 6) is -0.0837. The maximum absolute atomic E-state index is 12.8. The van der Waals surface area contributed by atoms with E-state index in [4.69, 9.17) is 0 Å². The summed E-state index contributed by atoms with van der Waals surface area (Å²) in [5.41, 5.74) is 1.97. The Labute approximate surface area is 165 Å². The largest absolute Gasteiger partial charge is 0.337 e. The second-order valence-corrected chi connectivity index (χ2v) is 7.08. The van der Waals surface area contributed by atoms with Gasteiger partial charge >= 0.3 is 0 Å². The Morgan fingerprint density at radius 1 is 0.889 bits per heavy atom. The number of hydrogen-bond donors (Lipinski definition) is 2. The minimum Gasteiger partial charge on any atom is -0.337 e. The average molecular weight is 386 g/mol. The number of halogens is 1. The highest BCUT2D eigenvalue weighted by atomic mass is 35.5. The second-order valence-electron chi connectivity index (χ2n) is 7.08. The fraction of sp³-hybridized carbons (Fsp3) is 0.333. The number of amides is 2. The average Bonchev–Trinajstić information content (AvgIpc) is 3.01. The lowest BCUT2D eigenvalue weighted by Gasteiger charge is -2.24. The maximum atomic E-state index is 12.8. The molecule has 0 spiro atoms. The Bertz CT molecular complexity index is 795. The van der Waals surface area contributed by atoms with Crippen LogP contribution in [0.1, 0.15) is 40.0 Å². The van der Waals surface area contributed by atoms with Gasteiger partial charge in [0.05, 0.1) is 0 Å². The minimum atomic E-state index is -0.153. The molecule has 0 aromatic heterocycles. The van der Waals surface area contributed by atoms with Gasteiger partial charge in [0.15, 0.2) is 0 Å². The predicted molar refractivity (Wildman–Crippen MR) is 109 cm³/mol. The Morgan fingerprint density at radius 2 is 1.59 bits per heavy atom. The van der Waals surface area contributed by atoms with Crippen LogP contribution in [-0.2, 0) is 0 Å². The van der Waals surface area contributed by atoms with Crippen molar-refractivity contribution in [3.8, 4) is 0 Å². The maximum Gasteiger partial charge on any atom is 0.255 e. The summed E-state index contributed by atoms with van der Waals surface area (Å²) < 4.78 is 0. The van der Waals surface area contributed by atoms with Crippen LogP contribution >= 0.6 is 12.4 Å². The van der Waals surface area contributed by atoms with Gasteiger partial charge in [-0.05, 0) is 55.7 Å². The molecule has 4 rings (SSSR count). The molecule has 2 saturated heterocycles. The Hall–Kier alpha value is -2.37. The van der Waals surface area contributed by atoms with E-state index in [9.17, 15) is 9.59 Å². The molecule has 142 valence electrons. The lowest BCUT2D eigenvalue weighted by Crippen LogP contribution is -2.39. The molecule has 6 heteroatoms. The van der Waals surface area contributed by atoms with Gasteiger partial charge in [-0.3, -0.25) is 9.59 Å². The summed E-state index contributed by atoms with van der Waals surface area (Å²) in [4.78, 5) is 26.9. The molecule has 2 N–H and O–H groups in total. The first-order chi connectivity index (χ1) is 12.7. The minimum absolute atomic E-state index is 0. The van der Waals surface area contributed by atoms with Crippen LogP contribution in [0.4, 0.5) is 5.69 Å². The van der Waals surface area contributed by atoms with Gasteiger partial charge in [-0.1, -0.05) is 18.2 Å². The SMILES string of the molecule is Cl.O=C(Nc1ccc(C(=O)N2CCC3CCC(C2)N3)cc1)c1ccccc1. The standard InChI is InChI=1S/C21H23N3O2.ClH/c25-20(15-4-2-1-3-5-15)23-17-8-6-16(7-9-17)21(26)24-13-12-18-10-11-19(14-24)22-18;/h1-9,18-19,22H,10-14H2,(H,23,25);1H. The molecule has 27 heavy (non-hydrogen) atoms. The van der Waals surface area contributed by atoms with Crippen molar-refractivity contribution in [1.82, 2.24) is 10.2 Å². The van der Waals surface area contributed by atoms with Gasteiger partial charge in [-0.15, -0.1) is 12.4 Å². The number of rotatable bonds is 3. The third-order valence-corrected chi connectivity index (χ3v) is 5.24. The molecule has 2 unspecified atom stereocenters. The highest BCUT2D eigenvalue weighted by Crippen LogP contribution is 2.22. The van der Waals surface area contributed by atoms with Crippen LogP contribution in [0.15, 0.2) is 54.6 Å². The van der Waals surface area contributed by atoms with E-state index < -0.39 is 0 Å². The van der Waals surface area contributed by atoms with Gasteiger partial charge in [0.1, 0.15) is 0 Å². The van der Waals surface area contributed by atoms with Gasteiger partial charge in [-0.25, -0.2) is 0 Å². The molecule has 2 fully saturated rings. The van der Waals surface area contributed by atoms with E-state index in [-0.39, 0.29) is 24.2 Å². The highest BCUT2D eigenvalue weighted by molar-refractivity contribution is 6.04. The van der Waals surface area contributed by atoms with E-state index >= 15 is 0 Å². The highest BCUT2D eigenvalue weighted by Gasteiger charge is 2.31. The molecular formula is C21H24ClN3O2. The third kappa shape index (κ3) is 4.49. The van der Waals surface area contributed by atoms with Crippen molar-refractivity contribution < 1.29 is 9.59 Å². The Kier molecular flexibility index (Phi) is 6.14. The van der Waals surface area contributed by atoms with Crippen molar-refractivity contribution in [2.75, 3.05) is 18.4 Å². The van der Waals surface area contributed by atoms with E-state index in [1.165, 1.54) is 6.42 Å². The molecule has 2 atom stereocenters. The van der Waals surface area contributed by atoms with E-state index in [1.807, 2.05) is 23.1 Å². The number of hydrogen-bond acceptors (Lipinski definition) is 3. The normalized spacial score (nSPS) is 21.1. The van der Waals surface area contributed by atoms with Crippen molar-refractivity contribution in [3.05, 3.63) is 65.7 Å².